The number of rotatable bonds is 7. The molecule has 0 spiro atoms. The number of hydrogen-bond donors (Lipinski definition) is 2. The van der Waals surface area contributed by atoms with Gasteiger partial charge in [0.15, 0.2) is 0 Å². The first-order valence-corrected chi connectivity index (χ1v) is 9.85. The number of benzene rings is 1. The van der Waals surface area contributed by atoms with E-state index >= 15 is 0 Å². The van der Waals surface area contributed by atoms with Crippen molar-refractivity contribution in [2.45, 2.75) is 39.8 Å². The van der Waals surface area contributed by atoms with Crippen molar-refractivity contribution < 1.29 is 9.59 Å². The number of carbonyl (C=O) groups is 2. The van der Waals surface area contributed by atoms with Gasteiger partial charge in [0.1, 0.15) is 5.01 Å². The maximum atomic E-state index is 12.5. The number of nitrogens with zero attached hydrogens (tertiary/aromatic N) is 2. The lowest BCUT2D eigenvalue weighted by Gasteiger charge is -2.25. The van der Waals surface area contributed by atoms with Crippen LogP contribution in [0, 0.1) is 12.8 Å². The van der Waals surface area contributed by atoms with Gasteiger partial charge in [-0.3, -0.25) is 9.59 Å². The molecule has 0 saturated carbocycles. The van der Waals surface area contributed by atoms with Crippen molar-refractivity contribution in [1.82, 2.24) is 15.2 Å². The summed E-state index contributed by atoms with van der Waals surface area (Å²) in [5.41, 5.74) is 7.78. The van der Waals surface area contributed by atoms with Gasteiger partial charge in [0.2, 0.25) is 11.8 Å². The standard InChI is InChI=1S/C20H28N4O2S/c1-12(2)17(21)19(26)22-11-16(25)24(5)14(4)18-13(3)23-20(27-18)15-9-7-6-8-10-15/h6-10,12,14,17H,11,21H2,1-5H3,(H,22,26)/t14?,17-/m0/s1. The van der Waals surface area contributed by atoms with Crippen LogP contribution in [-0.2, 0) is 9.59 Å². The van der Waals surface area contributed by atoms with E-state index in [0.29, 0.717) is 0 Å². The molecule has 7 heteroatoms. The Hall–Kier alpha value is -2.25. The normalized spacial score (nSPS) is 13.3. The van der Waals surface area contributed by atoms with Crippen molar-refractivity contribution in [2.75, 3.05) is 13.6 Å². The van der Waals surface area contributed by atoms with Crippen LogP contribution in [0.5, 0.6) is 0 Å². The Morgan fingerprint density at radius 3 is 2.44 bits per heavy atom. The molecule has 1 heterocycles. The summed E-state index contributed by atoms with van der Waals surface area (Å²) in [5.74, 6) is -0.450. The van der Waals surface area contributed by atoms with E-state index in [4.69, 9.17) is 5.73 Å². The fourth-order valence-electron chi connectivity index (χ4n) is 2.60. The smallest absolute Gasteiger partial charge is 0.242 e. The maximum Gasteiger partial charge on any atom is 0.242 e. The van der Waals surface area contributed by atoms with Gasteiger partial charge >= 0.3 is 0 Å². The Bertz CT molecular complexity index is 789. The van der Waals surface area contributed by atoms with Crippen molar-refractivity contribution in [2.24, 2.45) is 11.7 Å². The lowest BCUT2D eigenvalue weighted by Crippen LogP contribution is -2.47. The van der Waals surface area contributed by atoms with Crippen LogP contribution in [0.4, 0.5) is 0 Å². The maximum absolute atomic E-state index is 12.5. The molecule has 0 aliphatic heterocycles. The molecule has 0 bridgehead atoms. The van der Waals surface area contributed by atoms with E-state index in [9.17, 15) is 9.59 Å². The van der Waals surface area contributed by atoms with Gasteiger partial charge in [-0.2, -0.15) is 0 Å². The van der Waals surface area contributed by atoms with Gasteiger partial charge in [0, 0.05) is 12.6 Å². The van der Waals surface area contributed by atoms with Crippen molar-refractivity contribution in [3.8, 4) is 10.6 Å². The number of likely N-dealkylation sites (N-methyl/N-ethyl adjacent to an activating group) is 1. The zero-order valence-corrected chi connectivity index (χ0v) is 17.3. The molecule has 0 saturated heterocycles. The molecular formula is C20H28N4O2S. The number of carbonyl (C=O) groups excluding carboxylic acids is 2. The molecule has 0 fully saturated rings. The van der Waals surface area contributed by atoms with Gasteiger partial charge < -0.3 is 16.0 Å². The number of hydrogen-bond acceptors (Lipinski definition) is 5. The molecule has 1 aromatic carbocycles. The molecule has 27 heavy (non-hydrogen) atoms. The van der Waals surface area contributed by atoms with Crippen molar-refractivity contribution in [3.63, 3.8) is 0 Å². The highest BCUT2D eigenvalue weighted by Gasteiger charge is 2.24. The monoisotopic (exact) mass is 388 g/mol. The van der Waals surface area contributed by atoms with Gasteiger partial charge in [0.05, 0.1) is 29.2 Å². The number of nitrogens with one attached hydrogen (secondary N) is 1. The van der Waals surface area contributed by atoms with E-state index in [-0.39, 0.29) is 30.3 Å². The molecule has 0 aliphatic carbocycles. The minimum Gasteiger partial charge on any atom is -0.346 e. The van der Waals surface area contributed by atoms with E-state index in [1.54, 1.807) is 23.3 Å². The number of thiazole rings is 1. The van der Waals surface area contributed by atoms with Gasteiger partial charge in [0.25, 0.3) is 0 Å². The van der Waals surface area contributed by atoms with E-state index in [1.807, 2.05) is 58.0 Å². The van der Waals surface area contributed by atoms with Crippen molar-refractivity contribution >= 4 is 23.2 Å². The highest BCUT2D eigenvalue weighted by molar-refractivity contribution is 7.15. The van der Waals surface area contributed by atoms with Gasteiger partial charge in [-0.05, 0) is 19.8 Å². The third-order valence-corrected chi connectivity index (χ3v) is 6.02. The minimum atomic E-state index is -0.613. The molecule has 6 nitrogen and oxygen atoms in total. The SMILES string of the molecule is Cc1nc(-c2ccccc2)sc1C(C)N(C)C(=O)CNC(=O)[C@@H](N)C(C)C. The first kappa shape index (κ1) is 21.1. The van der Waals surface area contributed by atoms with Crippen LogP contribution < -0.4 is 11.1 Å². The molecule has 1 unspecified atom stereocenters. The number of aromatic nitrogens is 1. The summed E-state index contributed by atoms with van der Waals surface area (Å²) in [5, 5.41) is 3.57. The quantitative estimate of drug-likeness (QED) is 0.763. The molecule has 1 aromatic heterocycles. The molecule has 2 atom stereocenters. The second-order valence-corrected chi connectivity index (χ2v) is 8.03. The third-order valence-electron chi connectivity index (χ3n) is 4.64. The van der Waals surface area contributed by atoms with Crippen LogP contribution in [0.2, 0.25) is 0 Å². The minimum absolute atomic E-state index is 0.0213. The Morgan fingerprint density at radius 2 is 1.85 bits per heavy atom. The fourth-order valence-corrected chi connectivity index (χ4v) is 3.77. The molecule has 2 amide bonds. The molecule has 3 N–H and O–H groups in total. The molecule has 0 aliphatic rings. The highest BCUT2D eigenvalue weighted by Crippen LogP contribution is 2.33. The molecular weight excluding hydrogens is 360 g/mol. The lowest BCUT2D eigenvalue weighted by atomic mass is 10.1. The van der Waals surface area contributed by atoms with Gasteiger partial charge in [-0.25, -0.2) is 4.98 Å². The Kier molecular flexibility index (Phi) is 7.10. The Morgan fingerprint density at radius 1 is 1.22 bits per heavy atom. The Balaban J connectivity index is 2.04. The van der Waals surface area contributed by atoms with Crippen molar-refractivity contribution in [1.29, 1.82) is 0 Å². The molecule has 2 aromatic rings. The number of amides is 2. The average Bonchev–Trinajstić information content (AvgIpc) is 3.06. The van der Waals surface area contributed by atoms with E-state index in [1.165, 1.54) is 0 Å². The average molecular weight is 389 g/mol. The van der Waals surface area contributed by atoms with Crippen LogP contribution in [0.25, 0.3) is 10.6 Å². The van der Waals surface area contributed by atoms with Crippen LogP contribution >= 0.6 is 11.3 Å². The summed E-state index contributed by atoms with van der Waals surface area (Å²) in [6.07, 6.45) is 0. The van der Waals surface area contributed by atoms with Crippen LogP contribution in [0.15, 0.2) is 30.3 Å². The fraction of sp³-hybridized carbons (Fsp3) is 0.450. The number of aryl methyl sites for hydroxylation is 1. The van der Waals surface area contributed by atoms with Gasteiger partial charge in [-0.15, -0.1) is 11.3 Å². The van der Waals surface area contributed by atoms with E-state index in [2.05, 4.69) is 10.3 Å². The molecule has 2 rings (SSSR count). The zero-order valence-electron chi connectivity index (χ0n) is 16.5. The summed E-state index contributed by atoms with van der Waals surface area (Å²) in [6.45, 7) is 7.60. The third kappa shape index (κ3) is 5.14. The van der Waals surface area contributed by atoms with Crippen molar-refractivity contribution in [3.05, 3.63) is 40.9 Å². The first-order valence-electron chi connectivity index (χ1n) is 9.04. The summed E-state index contributed by atoms with van der Waals surface area (Å²) in [7, 11) is 1.74. The first-order chi connectivity index (χ1) is 12.7. The summed E-state index contributed by atoms with van der Waals surface area (Å²) >= 11 is 1.59. The topological polar surface area (TPSA) is 88.3 Å². The van der Waals surface area contributed by atoms with Crippen LogP contribution in [0.1, 0.15) is 37.4 Å². The molecule has 0 radical (unpaired) electrons. The zero-order chi connectivity index (χ0) is 20.1. The predicted molar refractivity (Wildman–Crippen MR) is 109 cm³/mol. The van der Waals surface area contributed by atoms with E-state index in [0.717, 1.165) is 21.1 Å². The molecule has 146 valence electrons. The Labute approximate surface area is 164 Å². The summed E-state index contributed by atoms with van der Waals surface area (Å²) < 4.78 is 0. The van der Waals surface area contributed by atoms with Gasteiger partial charge in [-0.1, -0.05) is 44.2 Å². The summed E-state index contributed by atoms with van der Waals surface area (Å²) in [4.78, 5) is 31.8. The van der Waals surface area contributed by atoms with E-state index < -0.39 is 6.04 Å². The largest absolute Gasteiger partial charge is 0.346 e. The second kappa shape index (κ2) is 9.10. The number of nitrogens with two attached hydrogens (primary N) is 1. The highest BCUT2D eigenvalue weighted by atomic mass is 32.1. The predicted octanol–water partition coefficient (Wildman–Crippen LogP) is 2.74. The lowest BCUT2D eigenvalue weighted by molar-refractivity contribution is -0.133. The van der Waals surface area contributed by atoms with Crippen LogP contribution in [0.3, 0.4) is 0 Å². The summed E-state index contributed by atoms with van der Waals surface area (Å²) in [6, 6.07) is 9.23. The second-order valence-electron chi connectivity index (χ2n) is 7.00. The van der Waals surface area contributed by atoms with Crippen LogP contribution in [-0.4, -0.2) is 41.3 Å².